The lowest BCUT2D eigenvalue weighted by Gasteiger charge is -2.30. The number of ether oxygens (including phenoxy) is 3. The van der Waals surface area contributed by atoms with E-state index in [1.807, 2.05) is 0 Å². The molecule has 3 atom stereocenters. The third-order valence-electron chi connectivity index (χ3n) is 4.93. The third kappa shape index (κ3) is 3.42. The van der Waals surface area contributed by atoms with Crippen LogP contribution in [-0.2, 0) is 14.3 Å². The number of nitrogens with zero attached hydrogens (tertiary/aromatic N) is 1. The Morgan fingerprint density at radius 3 is 2.76 bits per heavy atom. The van der Waals surface area contributed by atoms with Gasteiger partial charge in [-0.25, -0.2) is 0 Å². The number of carbonyl (C=O) groups excluding carboxylic acids is 1. The fourth-order valence-electron chi connectivity index (χ4n) is 3.69. The van der Waals surface area contributed by atoms with Gasteiger partial charge < -0.3 is 24.2 Å². The molecule has 136 valence electrons. The van der Waals surface area contributed by atoms with Gasteiger partial charge in [0, 0.05) is 25.1 Å². The average Bonchev–Trinajstić information content (AvgIpc) is 3.23. The normalized spacial score (nSPS) is 26.1. The van der Waals surface area contributed by atoms with E-state index in [1.165, 1.54) is 7.11 Å². The molecule has 1 aromatic carbocycles. The van der Waals surface area contributed by atoms with Gasteiger partial charge in [0.05, 0.1) is 32.3 Å². The molecule has 1 aromatic rings. The number of aliphatic carboxylic acids is 1. The average molecular weight is 349 g/mol. The van der Waals surface area contributed by atoms with Crippen molar-refractivity contribution in [1.82, 2.24) is 4.90 Å². The molecule has 0 bridgehead atoms. The number of benzene rings is 1. The van der Waals surface area contributed by atoms with Gasteiger partial charge in [0.1, 0.15) is 11.5 Å². The van der Waals surface area contributed by atoms with Gasteiger partial charge in [0.2, 0.25) is 5.91 Å². The number of hydrogen-bond donors (Lipinski definition) is 1. The highest BCUT2D eigenvalue weighted by Gasteiger charge is 2.46. The van der Waals surface area contributed by atoms with Crippen LogP contribution in [-0.4, -0.2) is 55.4 Å². The standard InChI is InChI=1S/C18H23NO6/c1-23-11-5-6-15(24-2)13(8-11)17-14(18(21)22)9-16(20)19(17)10-12-4-3-7-25-12/h5-6,8,12,14,17H,3-4,7,9-10H2,1-2H3,(H,21,22)/t12-,14-,17-/m1/s1. The lowest BCUT2D eigenvalue weighted by Crippen LogP contribution is -2.36. The number of carbonyl (C=O) groups is 2. The van der Waals surface area contributed by atoms with Crippen molar-refractivity contribution in [1.29, 1.82) is 0 Å². The topological polar surface area (TPSA) is 85.3 Å². The minimum absolute atomic E-state index is 0.0207. The highest BCUT2D eigenvalue weighted by atomic mass is 16.5. The predicted molar refractivity (Wildman–Crippen MR) is 88.7 cm³/mol. The van der Waals surface area contributed by atoms with E-state index in [2.05, 4.69) is 0 Å². The monoisotopic (exact) mass is 349 g/mol. The van der Waals surface area contributed by atoms with Crippen molar-refractivity contribution in [3.8, 4) is 11.5 Å². The van der Waals surface area contributed by atoms with Crippen LogP contribution in [0.15, 0.2) is 18.2 Å². The van der Waals surface area contributed by atoms with E-state index >= 15 is 0 Å². The zero-order valence-corrected chi connectivity index (χ0v) is 14.4. The van der Waals surface area contributed by atoms with Crippen molar-refractivity contribution in [2.75, 3.05) is 27.4 Å². The highest BCUT2D eigenvalue weighted by molar-refractivity contribution is 5.87. The summed E-state index contributed by atoms with van der Waals surface area (Å²) in [5, 5.41) is 9.65. The van der Waals surface area contributed by atoms with Gasteiger partial charge in [-0.15, -0.1) is 0 Å². The molecule has 7 nitrogen and oxygen atoms in total. The van der Waals surface area contributed by atoms with Crippen LogP contribution in [0.3, 0.4) is 0 Å². The largest absolute Gasteiger partial charge is 0.497 e. The van der Waals surface area contributed by atoms with E-state index < -0.39 is 17.9 Å². The smallest absolute Gasteiger partial charge is 0.309 e. The first-order valence-electron chi connectivity index (χ1n) is 8.41. The molecule has 0 radical (unpaired) electrons. The number of rotatable bonds is 6. The first kappa shape index (κ1) is 17.5. The van der Waals surface area contributed by atoms with Gasteiger partial charge in [-0.3, -0.25) is 9.59 Å². The third-order valence-corrected chi connectivity index (χ3v) is 4.93. The second kappa shape index (κ2) is 7.31. The molecular formula is C18H23NO6. The lowest BCUT2D eigenvalue weighted by atomic mass is 9.92. The Balaban J connectivity index is 2.00. The van der Waals surface area contributed by atoms with Crippen LogP contribution in [0.2, 0.25) is 0 Å². The second-order valence-corrected chi connectivity index (χ2v) is 6.38. The lowest BCUT2D eigenvalue weighted by molar-refractivity contribution is -0.142. The summed E-state index contributed by atoms with van der Waals surface area (Å²) in [5.41, 5.74) is 0.651. The van der Waals surface area contributed by atoms with Crippen LogP contribution in [0.25, 0.3) is 0 Å². The quantitative estimate of drug-likeness (QED) is 0.844. The van der Waals surface area contributed by atoms with E-state index in [0.29, 0.717) is 30.2 Å². The summed E-state index contributed by atoms with van der Waals surface area (Å²) >= 11 is 0. The maximum absolute atomic E-state index is 12.5. The molecule has 3 rings (SSSR count). The number of methoxy groups -OCH3 is 2. The Morgan fingerprint density at radius 2 is 2.16 bits per heavy atom. The van der Waals surface area contributed by atoms with Gasteiger partial charge in [-0.2, -0.15) is 0 Å². The van der Waals surface area contributed by atoms with Gasteiger partial charge >= 0.3 is 5.97 Å². The van der Waals surface area contributed by atoms with Crippen LogP contribution in [0, 0.1) is 5.92 Å². The van der Waals surface area contributed by atoms with E-state index in [0.717, 1.165) is 12.8 Å². The molecule has 0 aliphatic carbocycles. The summed E-state index contributed by atoms with van der Waals surface area (Å²) in [7, 11) is 3.08. The number of carboxylic acids is 1. The molecule has 0 aromatic heterocycles. The Bertz CT molecular complexity index is 655. The van der Waals surface area contributed by atoms with Gasteiger partial charge in [0.25, 0.3) is 0 Å². The Morgan fingerprint density at radius 1 is 1.36 bits per heavy atom. The Kier molecular flexibility index (Phi) is 5.13. The first-order chi connectivity index (χ1) is 12.0. The van der Waals surface area contributed by atoms with Crippen molar-refractivity contribution in [2.45, 2.75) is 31.4 Å². The second-order valence-electron chi connectivity index (χ2n) is 6.38. The Hall–Kier alpha value is -2.28. The van der Waals surface area contributed by atoms with E-state index in [4.69, 9.17) is 14.2 Å². The van der Waals surface area contributed by atoms with E-state index in [1.54, 1.807) is 30.2 Å². The number of amides is 1. The molecular weight excluding hydrogens is 326 g/mol. The molecule has 1 N–H and O–H groups in total. The minimum Gasteiger partial charge on any atom is -0.497 e. The first-order valence-corrected chi connectivity index (χ1v) is 8.41. The van der Waals surface area contributed by atoms with Gasteiger partial charge in [0.15, 0.2) is 0 Å². The van der Waals surface area contributed by atoms with Crippen LogP contribution < -0.4 is 9.47 Å². The Labute approximate surface area is 146 Å². The summed E-state index contributed by atoms with van der Waals surface area (Å²) in [6.07, 6.45) is 1.77. The van der Waals surface area contributed by atoms with E-state index in [-0.39, 0.29) is 18.4 Å². The molecule has 2 saturated heterocycles. The summed E-state index contributed by atoms with van der Waals surface area (Å²) in [5.74, 6) is -0.841. The fraction of sp³-hybridized carbons (Fsp3) is 0.556. The molecule has 7 heteroatoms. The minimum atomic E-state index is -0.988. The van der Waals surface area contributed by atoms with Crippen LogP contribution in [0.5, 0.6) is 11.5 Å². The molecule has 2 aliphatic heterocycles. The van der Waals surface area contributed by atoms with Crippen molar-refractivity contribution < 1.29 is 28.9 Å². The van der Waals surface area contributed by atoms with Crippen LogP contribution >= 0.6 is 0 Å². The molecule has 0 spiro atoms. The van der Waals surface area contributed by atoms with Crippen molar-refractivity contribution in [3.63, 3.8) is 0 Å². The number of carboxylic acid groups (broad SMARTS) is 1. The molecule has 2 aliphatic rings. The molecule has 25 heavy (non-hydrogen) atoms. The predicted octanol–water partition coefficient (Wildman–Crippen LogP) is 1.86. The zero-order chi connectivity index (χ0) is 18.0. The summed E-state index contributed by atoms with van der Waals surface area (Å²) in [6, 6.07) is 4.64. The zero-order valence-electron chi connectivity index (χ0n) is 14.4. The summed E-state index contributed by atoms with van der Waals surface area (Å²) in [6.45, 7) is 1.08. The number of hydrogen-bond acceptors (Lipinski definition) is 5. The summed E-state index contributed by atoms with van der Waals surface area (Å²) in [4.78, 5) is 26.0. The maximum Gasteiger partial charge on any atom is 0.309 e. The molecule has 2 heterocycles. The maximum atomic E-state index is 12.5. The van der Waals surface area contributed by atoms with Gasteiger partial charge in [-0.05, 0) is 31.0 Å². The highest BCUT2D eigenvalue weighted by Crippen LogP contribution is 2.43. The molecule has 2 fully saturated rings. The summed E-state index contributed by atoms with van der Waals surface area (Å²) < 4.78 is 16.3. The molecule has 1 amide bonds. The van der Waals surface area contributed by atoms with Crippen molar-refractivity contribution >= 4 is 11.9 Å². The molecule has 0 saturated carbocycles. The SMILES string of the molecule is COc1ccc(OC)c([C@@H]2[C@H](C(=O)O)CC(=O)N2C[C@H]2CCCO2)c1. The van der Waals surface area contributed by atoms with E-state index in [9.17, 15) is 14.7 Å². The fourth-order valence-corrected chi connectivity index (χ4v) is 3.69. The van der Waals surface area contributed by atoms with Crippen LogP contribution in [0.4, 0.5) is 0 Å². The van der Waals surface area contributed by atoms with Crippen molar-refractivity contribution in [3.05, 3.63) is 23.8 Å². The number of likely N-dealkylation sites (tertiary alicyclic amines) is 1. The van der Waals surface area contributed by atoms with Gasteiger partial charge in [-0.1, -0.05) is 0 Å². The van der Waals surface area contributed by atoms with Crippen LogP contribution in [0.1, 0.15) is 30.9 Å². The molecule has 0 unspecified atom stereocenters. The van der Waals surface area contributed by atoms with Crippen molar-refractivity contribution in [2.24, 2.45) is 5.92 Å².